The number of ketones is 2. The van der Waals surface area contributed by atoms with Gasteiger partial charge in [0.05, 0.1) is 40.9 Å². The molecule has 1 unspecified atom stereocenters. The van der Waals surface area contributed by atoms with Crippen molar-refractivity contribution >= 4 is 46.2 Å². The molecule has 0 aliphatic heterocycles. The lowest BCUT2D eigenvalue weighted by Gasteiger charge is -2.12. The SMILES string of the molecule is N#Cc1cc(-c2cc(NCc3ccc(Cl)s3)n(C(=O)c3ccc(C(O)C(=O)c4ccccc4)cc3)n2)n(CC(=O)c2ccno2)c(=O)c1. The van der Waals surface area contributed by atoms with Crippen LogP contribution in [0.4, 0.5) is 5.82 Å². The summed E-state index contributed by atoms with van der Waals surface area (Å²) in [6, 6.07) is 25.1. The maximum Gasteiger partial charge on any atom is 0.280 e. The molecule has 0 bridgehead atoms. The lowest BCUT2D eigenvalue weighted by Crippen LogP contribution is -2.26. The zero-order chi connectivity index (χ0) is 33.8. The summed E-state index contributed by atoms with van der Waals surface area (Å²) in [5.74, 6) is -1.43. The molecule has 4 aromatic heterocycles. The first-order valence-electron chi connectivity index (χ1n) is 14.3. The summed E-state index contributed by atoms with van der Waals surface area (Å²) >= 11 is 7.44. The highest BCUT2D eigenvalue weighted by molar-refractivity contribution is 7.16. The van der Waals surface area contributed by atoms with Crippen molar-refractivity contribution in [1.29, 1.82) is 5.26 Å². The van der Waals surface area contributed by atoms with E-state index < -0.39 is 35.7 Å². The number of hydrogen-bond donors (Lipinski definition) is 2. The van der Waals surface area contributed by atoms with E-state index in [1.165, 1.54) is 60.0 Å². The van der Waals surface area contributed by atoms with Crippen LogP contribution in [0.3, 0.4) is 0 Å². The molecule has 238 valence electrons. The number of carbonyl (C=O) groups excluding carboxylic acids is 3. The molecule has 0 fully saturated rings. The normalized spacial score (nSPS) is 11.5. The number of carbonyl (C=O) groups is 3. The Morgan fingerprint density at radius 2 is 1.77 bits per heavy atom. The van der Waals surface area contributed by atoms with Crippen LogP contribution in [0, 0.1) is 11.3 Å². The minimum absolute atomic E-state index is 0.0289. The number of nitrogens with one attached hydrogen (secondary N) is 1. The van der Waals surface area contributed by atoms with E-state index in [1.54, 1.807) is 36.4 Å². The van der Waals surface area contributed by atoms with Crippen LogP contribution in [-0.4, -0.2) is 42.1 Å². The lowest BCUT2D eigenvalue weighted by atomic mass is 9.99. The van der Waals surface area contributed by atoms with Crippen molar-refractivity contribution in [2.24, 2.45) is 0 Å². The minimum atomic E-state index is -1.44. The molecule has 6 rings (SSSR count). The number of nitriles is 1. The smallest absolute Gasteiger partial charge is 0.280 e. The summed E-state index contributed by atoms with van der Waals surface area (Å²) in [7, 11) is 0. The monoisotopic (exact) mass is 678 g/mol. The third-order valence-electron chi connectivity index (χ3n) is 7.29. The third kappa shape index (κ3) is 6.76. The molecule has 0 aliphatic carbocycles. The number of benzene rings is 2. The number of thiophene rings is 1. The van der Waals surface area contributed by atoms with Gasteiger partial charge in [-0.15, -0.1) is 11.3 Å². The van der Waals surface area contributed by atoms with Gasteiger partial charge in [0, 0.05) is 34.2 Å². The average molecular weight is 679 g/mol. The first-order chi connectivity index (χ1) is 23.2. The molecule has 2 N–H and O–H groups in total. The number of aliphatic hydroxyl groups is 1. The number of nitrogens with zero attached hydrogens (tertiary/aromatic N) is 5. The molecule has 0 spiro atoms. The summed E-state index contributed by atoms with van der Waals surface area (Å²) in [5.41, 5.74) is 0.440. The predicted molar refractivity (Wildman–Crippen MR) is 176 cm³/mol. The van der Waals surface area contributed by atoms with Crippen LogP contribution in [-0.2, 0) is 13.1 Å². The Morgan fingerprint density at radius 3 is 2.44 bits per heavy atom. The van der Waals surface area contributed by atoms with Crippen LogP contribution < -0.4 is 10.9 Å². The molecule has 0 saturated carbocycles. The van der Waals surface area contributed by atoms with Gasteiger partial charge in [0.2, 0.25) is 11.5 Å². The molecule has 6 aromatic rings. The number of Topliss-reactive ketones (excluding diaryl/α,β-unsaturated/α-hetero) is 2. The number of rotatable bonds is 11. The van der Waals surface area contributed by atoms with E-state index in [9.17, 15) is 29.5 Å². The van der Waals surface area contributed by atoms with Gasteiger partial charge in [-0.3, -0.25) is 23.7 Å². The largest absolute Gasteiger partial charge is 0.380 e. The Hall–Kier alpha value is -5.94. The summed E-state index contributed by atoms with van der Waals surface area (Å²) in [4.78, 5) is 53.5. The standard InChI is InChI=1S/C34H23ClN6O6S/c35-29-11-10-24(48-29)18-37-30-16-25(26-14-20(17-36)15-31(43)40(26)19-27(42)28-12-13-38-47-28)39-41(30)34(46)23-8-6-22(7-9-23)33(45)32(44)21-4-2-1-3-5-21/h1-16,33,37,45H,18-19H2. The zero-order valence-electron chi connectivity index (χ0n) is 24.7. The maximum absolute atomic E-state index is 13.9. The fraction of sp³-hybridized carbons (Fsp3) is 0.0882. The lowest BCUT2D eigenvalue weighted by molar-refractivity contribution is 0.0747. The van der Waals surface area contributed by atoms with Crippen molar-refractivity contribution in [3.63, 3.8) is 0 Å². The second-order valence-electron chi connectivity index (χ2n) is 10.4. The molecule has 0 aliphatic rings. The molecular formula is C34H23ClN6O6S. The van der Waals surface area contributed by atoms with Crippen molar-refractivity contribution in [3.8, 4) is 17.5 Å². The van der Waals surface area contributed by atoms with Gasteiger partial charge in [0.15, 0.2) is 5.78 Å². The zero-order valence-corrected chi connectivity index (χ0v) is 26.3. The van der Waals surface area contributed by atoms with Gasteiger partial charge < -0.3 is 14.9 Å². The highest BCUT2D eigenvalue weighted by atomic mass is 35.5. The maximum atomic E-state index is 13.9. The molecule has 1 atom stereocenters. The first kappa shape index (κ1) is 32.0. The number of anilines is 1. The topological polar surface area (TPSA) is 173 Å². The van der Waals surface area contributed by atoms with E-state index in [1.807, 2.05) is 12.1 Å². The van der Waals surface area contributed by atoms with E-state index in [2.05, 4.69) is 15.6 Å². The van der Waals surface area contributed by atoms with Crippen molar-refractivity contribution < 1.29 is 24.0 Å². The van der Waals surface area contributed by atoms with Gasteiger partial charge in [-0.2, -0.15) is 15.0 Å². The molecule has 48 heavy (non-hydrogen) atoms. The number of hydrogen-bond acceptors (Lipinski definition) is 11. The third-order valence-corrected chi connectivity index (χ3v) is 8.52. The van der Waals surface area contributed by atoms with Crippen LogP contribution in [0.5, 0.6) is 0 Å². The fourth-order valence-corrected chi connectivity index (χ4v) is 5.90. The summed E-state index contributed by atoms with van der Waals surface area (Å²) in [6.07, 6.45) is -0.137. The van der Waals surface area contributed by atoms with Crippen LogP contribution in [0.2, 0.25) is 4.34 Å². The Kier molecular flexibility index (Phi) is 9.22. The highest BCUT2D eigenvalue weighted by Gasteiger charge is 2.23. The van der Waals surface area contributed by atoms with E-state index in [0.717, 1.165) is 20.2 Å². The number of pyridine rings is 1. The highest BCUT2D eigenvalue weighted by Crippen LogP contribution is 2.27. The molecule has 0 amide bonds. The first-order valence-corrected chi connectivity index (χ1v) is 15.5. The molecular weight excluding hydrogens is 656 g/mol. The van der Waals surface area contributed by atoms with Crippen LogP contribution in [0.15, 0.2) is 107 Å². The summed E-state index contributed by atoms with van der Waals surface area (Å²) in [6.45, 7) is -0.171. The fourth-order valence-electron chi connectivity index (χ4n) is 4.87. The quantitative estimate of drug-likeness (QED) is 0.169. The molecule has 2 aromatic carbocycles. The van der Waals surface area contributed by atoms with Gasteiger partial charge in [-0.25, -0.2) is 0 Å². The number of aromatic nitrogens is 4. The second-order valence-corrected chi connectivity index (χ2v) is 12.2. The molecule has 4 heterocycles. The molecule has 14 heteroatoms. The Bertz CT molecular complexity index is 2230. The Morgan fingerprint density at radius 1 is 1.00 bits per heavy atom. The van der Waals surface area contributed by atoms with E-state index in [0.29, 0.717) is 15.5 Å². The van der Waals surface area contributed by atoms with Gasteiger partial charge in [-0.05, 0) is 35.9 Å². The Labute approximate surface area is 281 Å². The van der Waals surface area contributed by atoms with E-state index in [4.69, 9.17) is 16.1 Å². The van der Waals surface area contributed by atoms with Crippen molar-refractivity contribution in [1.82, 2.24) is 19.5 Å². The predicted octanol–water partition coefficient (Wildman–Crippen LogP) is 5.39. The Balaban J connectivity index is 1.36. The van der Waals surface area contributed by atoms with Crippen LogP contribution in [0.25, 0.3) is 11.4 Å². The van der Waals surface area contributed by atoms with Crippen molar-refractivity contribution in [3.05, 3.63) is 145 Å². The van der Waals surface area contributed by atoms with Gasteiger partial charge >= 0.3 is 0 Å². The van der Waals surface area contributed by atoms with Crippen molar-refractivity contribution in [2.45, 2.75) is 19.2 Å². The summed E-state index contributed by atoms with van der Waals surface area (Å²) in [5, 5.41) is 31.5. The van der Waals surface area contributed by atoms with E-state index >= 15 is 0 Å². The van der Waals surface area contributed by atoms with Gasteiger partial charge in [0.25, 0.3) is 11.5 Å². The van der Waals surface area contributed by atoms with Crippen molar-refractivity contribution in [2.75, 3.05) is 5.32 Å². The molecule has 0 saturated heterocycles. The van der Waals surface area contributed by atoms with Gasteiger partial charge in [0.1, 0.15) is 17.6 Å². The minimum Gasteiger partial charge on any atom is -0.380 e. The summed E-state index contributed by atoms with van der Waals surface area (Å²) < 4.78 is 7.76. The number of halogens is 1. The second kappa shape index (κ2) is 13.8. The van der Waals surface area contributed by atoms with Crippen LogP contribution in [0.1, 0.15) is 53.4 Å². The molecule has 12 nitrogen and oxygen atoms in total. The number of aliphatic hydroxyl groups excluding tert-OH is 1. The average Bonchev–Trinajstić information content (AvgIpc) is 3.89. The van der Waals surface area contributed by atoms with E-state index in [-0.39, 0.29) is 40.6 Å². The van der Waals surface area contributed by atoms with Crippen LogP contribution >= 0.6 is 22.9 Å². The van der Waals surface area contributed by atoms with Gasteiger partial charge in [-0.1, -0.05) is 59.2 Å². The molecule has 0 radical (unpaired) electrons.